The van der Waals surface area contributed by atoms with Crippen LogP contribution in [0.15, 0.2) is 11.2 Å². The second-order valence-electron chi connectivity index (χ2n) is 5.74. The number of anilines is 1. The third-order valence-electron chi connectivity index (χ3n) is 4.21. The Morgan fingerprint density at radius 1 is 1.38 bits per heavy atom. The van der Waals surface area contributed by atoms with E-state index in [9.17, 15) is 0 Å². The number of hydrogen-bond acceptors (Lipinski definition) is 6. The van der Waals surface area contributed by atoms with Crippen molar-refractivity contribution in [3.8, 4) is 0 Å². The third kappa shape index (κ3) is 3.66. The van der Waals surface area contributed by atoms with E-state index in [1.165, 1.54) is 11.5 Å². The highest BCUT2D eigenvalue weighted by Gasteiger charge is 2.22. The molecule has 0 unspecified atom stereocenters. The van der Waals surface area contributed by atoms with Gasteiger partial charge in [0, 0.05) is 69.0 Å². The first-order chi connectivity index (χ1) is 11.7. The zero-order chi connectivity index (χ0) is 16.9. The summed E-state index contributed by atoms with van der Waals surface area (Å²) in [5.74, 6) is 1.87. The maximum absolute atomic E-state index is 4.58. The molecule has 2 aromatic heterocycles. The van der Waals surface area contributed by atoms with Crippen LogP contribution in [-0.4, -0.2) is 63.6 Å². The molecule has 0 amide bonds. The third-order valence-corrected chi connectivity index (χ3v) is 5.02. The first kappa shape index (κ1) is 16.7. The summed E-state index contributed by atoms with van der Waals surface area (Å²) in [5.41, 5.74) is 2.25. The molecule has 0 radical (unpaired) electrons. The summed E-state index contributed by atoms with van der Waals surface area (Å²) < 4.78 is 4.38. The van der Waals surface area contributed by atoms with E-state index in [-0.39, 0.29) is 0 Å². The van der Waals surface area contributed by atoms with Gasteiger partial charge in [-0.1, -0.05) is 6.92 Å². The summed E-state index contributed by atoms with van der Waals surface area (Å²) in [7, 11) is 1.83. The number of aromatic amines is 1. The molecule has 0 spiro atoms. The summed E-state index contributed by atoms with van der Waals surface area (Å²) >= 11 is 1.50. The van der Waals surface area contributed by atoms with E-state index in [2.05, 4.69) is 46.6 Å². The number of aryl methyl sites for hydroxylation is 2. The number of H-pyrrole nitrogens is 1. The number of aromatic nitrogens is 4. The van der Waals surface area contributed by atoms with Gasteiger partial charge in [0.1, 0.15) is 5.82 Å². The van der Waals surface area contributed by atoms with Crippen LogP contribution in [0.3, 0.4) is 0 Å². The van der Waals surface area contributed by atoms with Crippen molar-refractivity contribution in [3.63, 3.8) is 0 Å². The lowest BCUT2D eigenvalue weighted by molar-refractivity contribution is 0.372. The number of nitrogens with one attached hydrogen (secondary N) is 2. The van der Waals surface area contributed by atoms with Crippen molar-refractivity contribution >= 4 is 22.6 Å². The standard InChI is InChI=1S/C15H24N8S/c1-4-13-19-15(24-21-13)23-7-5-22(6-8-23)14(16-3)17-9-12-10-18-20-11(12)2/h10H,4-9H2,1-3H3,(H,16,17)(H,18,20). The van der Waals surface area contributed by atoms with Crippen molar-refractivity contribution < 1.29 is 0 Å². The molecule has 0 saturated carbocycles. The maximum atomic E-state index is 4.58. The van der Waals surface area contributed by atoms with Crippen molar-refractivity contribution in [2.45, 2.75) is 26.8 Å². The van der Waals surface area contributed by atoms with Crippen LogP contribution in [0.5, 0.6) is 0 Å². The molecule has 3 heterocycles. The Morgan fingerprint density at radius 3 is 2.75 bits per heavy atom. The van der Waals surface area contributed by atoms with Crippen LogP contribution in [-0.2, 0) is 13.0 Å². The SMILES string of the molecule is CCc1nsc(N2CCN(C(=NC)NCc3cn[nH]c3C)CC2)n1. The second kappa shape index (κ2) is 7.61. The minimum Gasteiger partial charge on any atom is -0.352 e. The number of piperazine rings is 1. The van der Waals surface area contributed by atoms with Crippen molar-refractivity contribution in [2.75, 3.05) is 38.1 Å². The van der Waals surface area contributed by atoms with Gasteiger partial charge in [0.15, 0.2) is 5.96 Å². The quantitative estimate of drug-likeness (QED) is 0.634. The predicted octanol–water partition coefficient (Wildman–Crippen LogP) is 1.03. The molecule has 24 heavy (non-hydrogen) atoms. The molecule has 130 valence electrons. The molecule has 0 bridgehead atoms. The summed E-state index contributed by atoms with van der Waals surface area (Å²) in [5, 5.41) is 11.5. The van der Waals surface area contributed by atoms with Crippen molar-refractivity contribution in [3.05, 3.63) is 23.3 Å². The second-order valence-corrected chi connectivity index (χ2v) is 6.47. The van der Waals surface area contributed by atoms with E-state index >= 15 is 0 Å². The highest BCUT2D eigenvalue weighted by Crippen LogP contribution is 2.19. The van der Waals surface area contributed by atoms with Crippen LogP contribution in [0.2, 0.25) is 0 Å². The summed E-state index contributed by atoms with van der Waals surface area (Å²) in [6.07, 6.45) is 2.74. The van der Waals surface area contributed by atoms with E-state index < -0.39 is 0 Å². The van der Waals surface area contributed by atoms with Crippen LogP contribution in [0.4, 0.5) is 5.13 Å². The lowest BCUT2D eigenvalue weighted by Crippen LogP contribution is -2.52. The van der Waals surface area contributed by atoms with E-state index in [1.54, 1.807) is 0 Å². The van der Waals surface area contributed by atoms with Crippen LogP contribution >= 0.6 is 11.5 Å². The average Bonchev–Trinajstić information content (AvgIpc) is 3.25. The van der Waals surface area contributed by atoms with Gasteiger partial charge >= 0.3 is 0 Å². The Kier molecular flexibility index (Phi) is 5.29. The number of guanidine groups is 1. The number of nitrogens with zero attached hydrogens (tertiary/aromatic N) is 6. The Morgan fingerprint density at radius 2 is 2.17 bits per heavy atom. The van der Waals surface area contributed by atoms with Crippen LogP contribution in [0.25, 0.3) is 0 Å². The Hall–Kier alpha value is -2.16. The molecule has 1 aliphatic rings. The van der Waals surface area contributed by atoms with Gasteiger partial charge in [0.05, 0.1) is 6.20 Å². The summed E-state index contributed by atoms with van der Waals surface area (Å²) in [6, 6.07) is 0. The molecule has 1 aliphatic heterocycles. The molecular formula is C15H24N8S. The molecule has 1 fully saturated rings. The van der Waals surface area contributed by atoms with Crippen molar-refractivity contribution in [2.24, 2.45) is 4.99 Å². The number of aliphatic imine (C=N–C) groups is 1. The Balaban J connectivity index is 1.53. The van der Waals surface area contributed by atoms with E-state index in [0.29, 0.717) is 0 Å². The molecule has 8 nitrogen and oxygen atoms in total. The van der Waals surface area contributed by atoms with E-state index in [1.807, 2.05) is 20.2 Å². The molecule has 0 atom stereocenters. The molecular weight excluding hydrogens is 324 g/mol. The average molecular weight is 348 g/mol. The zero-order valence-corrected chi connectivity index (χ0v) is 15.2. The highest BCUT2D eigenvalue weighted by atomic mass is 32.1. The lowest BCUT2D eigenvalue weighted by Gasteiger charge is -2.36. The maximum Gasteiger partial charge on any atom is 0.205 e. The van der Waals surface area contributed by atoms with Gasteiger partial charge < -0.3 is 15.1 Å². The fourth-order valence-corrected chi connectivity index (χ4v) is 3.49. The van der Waals surface area contributed by atoms with Gasteiger partial charge in [-0.2, -0.15) is 9.47 Å². The normalized spacial score (nSPS) is 15.9. The highest BCUT2D eigenvalue weighted by molar-refractivity contribution is 7.09. The molecule has 2 N–H and O–H groups in total. The minimum atomic E-state index is 0.728. The van der Waals surface area contributed by atoms with Gasteiger partial charge in [-0.05, 0) is 6.92 Å². The van der Waals surface area contributed by atoms with Gasteiger partial charge in [0.25, 0.3) is 0 Å². The van der Waals surface area contributed by atoms with Crippen LogP contribution in [0.1, 0.15) is 24.0 Å². The molecule has 3 rings (SSSR count). The van der Waals surface area contributed by atoms with Gasteiger partial charge in [0.2, 0.25) is 5.13 Å². The first-order valence-corrected chi connectivity index (χ1v) is 9.00. The molecule has 0 aliphatic carbocycles. The lowest BCUT2D eigenvalue weighted by atomic mass is 10.2. The molecule has 0 aromatic carbocycles. The van der Waals surface area contributed by atoms with E-state index in [4.69, 9.17) is 0 Å². The van der Waals surface area contributed by atoms with Crippen LogP contribution in [0, 0.1) is 6.92 Å². The fourth-order valence-electron chi connectivity index (χ4n) is 2.69. The minimum absolute atomic E-state index is 0.728. The van der Waals surface area contributed by atoms with Crippen LogP contribution < -0.4 is 10.2 Å². The smallest absolute Gasteiger partial charge is 0.205 e. The van der Waals surface area contributed by atoms with Gasteiger partial charge in [-0.15, -0.1) is 0 Å². The van der Waals surface area contributed by atoms with Crippen molar-refractivity contribution in [1.29, 1.82) is 0 Å². The summed E-state index contributed by atoms with van der Waals surface area (Å²) in [4.78, 5) is 13.6. The predicted molar refractivity (Wildman–Crippen MR) is 96.6 cm³/mol. The molecule has 1 saturated heterocycles. The largest absolute Gasteiger partial charge is 0.352 e. The monoisotopic (exact) mass is 348 g/mol. The van der Waals surface area contributed by atoms with E-state index in [0.717, 1.165) is 67.3 Å². The Labute approximate surface area is 146 Å². The molecule has 9 heteroatoms. The van der Waals surface area contributed by atoms with Gasteiger partial charge in [-0.3, -0.25) is 10.1 Å². The fraction of sp³-hybridized carbons (Fsp3) is 0.600. The zero-order valence-electron chi connectivity index (χ0n) is 14.4. The topological polar surface area (TPSA) is 85.3 Å². The molecule has 2 aromatic rings. The number of rotatable bonds is 4. The summed E-state index contributed by atoms with van der Waals surface area (Å²) in [6.45, 7) is 8.55. The first-order valence-electron chi connectivity index (χ1n) is 8.23. The van der Waals surface area contributed by atoms with Gasteiger partial charge in [-0.25, -0.2) is 4.98 Å². The Bertz CT molecular complexity index is 683. The van der Waals surface area contributed by atoms with Crippen molar-refractivity contribution in [1.82, 2.24) is 29.8 Å². The number of hydrogen-bond donors (Lipinski definition) is 2.